The molecule has 0 saturated carbocycles. The number of rotatable bonds is 6. The maximum atomic E-state index is 4.98. The highest BCUT2D eigenvalue weighted by Gasteiger charge is 2.12. The van der Waals surface area contributed by atoms with Gasteiger partial charge in [-0.3, -0.25) is 4.90 Å². The van der Waals surface area contributed by atoms with E-state index in [-0.39, 0.29) is 0 Å². The van der Waals surface area contributed by atoms with Crippen LogP contribution in [0.2, 0.25) is 0 Å². The molecular weight excluding hydrogens is 204 g/mol. The first-order valence-electron chi connectivity index (χ1n) is 5.80. The molecule has 0 aromatic carbocycles. The van der Waals surface area contributed by atoms with E-state index in [1.165, 1.54) is 0 Å². The van der Waals surface area contributed by atoms with Crippen molar-refractivity contribution in [2.24, 2.45) is 0 Å². The summed E-state index contributed by atoms with van der Waals surface area (Å²) in [6.45, 7) is 12.4. The van der Waals surface area contributed by atoms with Crippen molar-refractivity contribution in [3.63, 3.8) is 0 Å². The van der Waals surface area contributed by atoms with Crippen LogP contribution in [-0.4, -0.2) is 40.2 Å². The lowest BCUT2D eigenvalue weighted by Crippen LogP contribution is -2.40. The molecule has 0 amide bonds. The maximum absolute atomic E-state index is 4.98. The summed E-state index contributed by atoms with van der Waals surface area (Å²) in [7, 11) is 0. The van der Waals surface area contributed by atoms with Gasteiger partial charge in [0.2, 0.25) is 0 Å². The van der Waals surface area contributed by atoms with E-state index < -0.39 is 0 Å². The molecule has 1 aromatic rings. The molecule has 0 saturated heterocycles. The second-order valence-corrected chi connectivity index (χ2v) is 4.50. The highest BCUT2D eigenvalue weighted by molar-refractivity contribution is 5.17. The third-order valence-electron chi connectivity index (χ3n) is 2.50. The molecule has 0 aliphatic rings. The maximum Gasteiger partial charge on any atom is 0.321 e. The number of nitrogens with one attached hydrogen (secondary N) is 1. The van der Waals surface area contributed by atoms with E-state index in [0.29, 0.717) is 23.9 Å². The van der Waals surface area contributed by atoms with Gasteiger partial charge in [-0.15, -0.1) is 0 Å². The van der Waals surface area contributed by atoms with Crippen LogP contribution in [0.25, 0.3) is 0 Å². The molecule has 1 N–H and O–H groups in total. The first kappa shape index (κ1) is 13.0. The fraction of sp³-hybridized carbons (Fsp3) is 0.818. The zero-order chi connectivity index (χ0) is 12.1. The Kier molecular flexibility index (Phi) is 4.73. The van der Waals surface area contributed by atoms with Crippen molar-refractivity contribution in [1.82, 2.24) is 15.0 Å². The Hall–Kier alpha value is -1.10. The Morgan fingerprint density at radius 2 is 1.88 bits per heavy atom. The lowest BCUT2D eigenvalue weighted by atomic mass is 10.2. The Morgan fingerprint density at radius 1 is 1.25 bits per heavy atom. The Labute approximate surface area is 97.2 Å². The molecule has 0 atom stereocenters. The zero-order valence-corrected chi connectivity index (χ0v) is 10.8. The molecule has 5 nitrogen and oxygen atoms in total. The average molecular weight is 226 g/mol. The molecule has 16 heavy (non-hydrogen) atoms. The molecule has 0 spiro atoms. The lowest BCUT2D eigenvalue weighted by Gasteiger charge is -2.30. The molecule has 0 bridgehead atoms. The first-order chi connectivity index (χ1) is 7.50. The van der Waals surface area contributed by atoms with Gasteiger partial charge in [-0.1, -0.05) is 5.16 Å². The van der Waals surface area contributed by atoms with E-state index in [4.69, 9.17) is 4.52 Å². The Morgan fingerprint density at radius 3 is 2.31 bits per heavy atom. The number of hydrogen-bond donors (Lipinski definition) is 1. The summed E-state index contributed by atoms with van der Waals surface area (Å²) in [6.07, 6.45) is 0. The summed E-state index contributed by atoms with van der Waals surface area (Å²) < 4.78 is 4.98. The topological polar surface area (TPSA) is 54.2 Å². The van der Waals surface area contributed by atoms with E-state index in [1.54, 1.807) is 0 Å². The number of aryl methyl sites for hydroxylation is 1. The first-order valence-corrected chi connectivity index (χ1v) is 5.80. The number of anilines is 1. The summed E-state index contributed by atoms with van der Waals surface area (Å²) in [5.74, 6) is 0.659. The molecule has 1 rings (SSSR count). The van der Waals surface area contributed by atoms with Crippen molar-refractivity contribution in [3.8, 4) is 0 Å². The van der Waals surface area contributed by atoms with Gasteiger partial charge in [-0.05, 0) is 34.6 Å². The predicted octanol–water partition coefficient (Wildman–Crippen LogP) is 1.91. The smallest absolute Gasteiger partial charge is 0.321 e. The minimum absolute atomic E-state index is 0.505. The van der Waals surface area contributed by atoms with Crippen LogP contribution in [0.1, 0.15) is 33.5 Å². The largest absolute Gasteiger partial charge is 0.336 e. The second-order valence-electron chi connectivity index (χ2n) is 4.50. The fourth-order valence-electron chi connectivity index (χ4n) is 1.77. The molecular formula is C11H22N4O. The monoisotopic (exact) mass is 226 g/mol. The summed E-state index contributed by atoms with van der Waals surface area (Å²) in [5, 5.41) is 6.85. The molecule has 0 fully saturated rings. The summed E-state index contributed by atoms with van der Waals surface area (Å²) >= 11 is 0. The molecule has 1 aromatic heterocycles. The minimum atomic E-state index is 0.505. The van der Waals surface area contributed by atoms with Crippen LogP contribution in [0.4, 0.5) is 6.01 Å². The van der Waals surface area contributed by atoms with Crippen LogP contribution in [-0.2, 0) is 0 Å². The van der Waals surface area contributed by atoms with Gasteiger partial charge in [0.05, 0.1) is 0 Å². The predicted molar refractivity (Wildman–Crippen MR) is 64.5 cm³/mol. The van der Waals surface area contributed by atoms with Gasteiger partial charge >= 0.3 is 6.01 Å². The molecule has 1 heterocycles. The highest BCUT2D eigenvalue weighted by Crippen LogP contribution is 2.05. The average Bonchev–Trinajstić information content (AvgIpc) is 2.57. The molecule has 0 unspecified atom stereocenters. The standard InChI is InChI=1S/C11H22N4O/c1-8(2)15(9(3)4)7-6-12-11-13-10(5)14-16-11/h8-9H,6-7H2,1-5H3,(H,12,13,14). The van der Waals surface area contributed by atoms with Gasteiger partial charge in [-0.2, -0.15) is 4.98 Å². The van der Waals surface area contributed by atoms with Crippen molar-refractivity contribution in [3.05, 3.63) is 5.82 Å². The van der Waals surface area contributed by atoms with Gasteiger partial charge in [0.1, 0.15) is 0 Å². The van der Waals surface area contributed by atoms with Crippen molar-refractivity contribution in [2.45, 2.75) is 46.7 Å². The molecule has 92 valence electrons. The van der Waals surface area contributed by atoms with E-state index in [1.807, 2.05) is 6.92 Å². The third-order valence-corrected chi connectivity index (χ3v) is 2.50. The van der Waals surface area contributed by atoms with Gasteiger partial charge in [0.25, 0.3) is 0 Å². The lowest BCUT2D eigenvalue weighted by molar-refractivity contribution is 0.182. The van der Waals surface area contributed by atoms with Crippen LogP contribution < -0.4 is 5.32 Å². The van der Waals surface area contributed by atoms with E-state index >= 15 is 0 Å². The van der Waals surface area contributed by atoms with E-state index in [2.05, 4.69) is 48.1 Å². The highest BCUT2D eigenvalue weighted by atomic mass is 16.5. The molecule has 0 radical (unpaired) electrons. The Bertz CT molecular complexity index is 301. The van der Waals surface area contributed by atoms with Gasteiger partial charge < -0.3 is 9.84 Å². The summed E-state index contributed by atoms with van der Waals surface area (Å²) in [5.41, 5.74) is 0. The van der Waals surface area contributed by atoms with Crippen molar-refractivity contribution in [2.75, 3.05) is 18.4 Å². The normalized spacial score (nSPS) is 11.8. The van der Waals surface area contributed by atoms with Crippen LogP contribution in [0.3, 0.4) is 0 Å². The quantitative estimate of drug-likeness (QED) is 0.803. The molecule has 0 aliphatic heterocycles. The van der Waals surface area contributed by atoms with E-state index in [9.17, 15) is 0 Å². The van der Waals surface area contributed by atoms with Gasteiger partial charge in [0, 0.05) is 25.2 Å². The Balaban J connectivity index is 2.33. The SMILES string of the molecule is Cc1noc(NCCN(C(C)C)C(C)C)n1. The molecule has 5 heteroatoms. The van der Waals surface area contributed by atoms with Crippen molar-refractivity contribution < 1.29 is 4.52 Å². The van der Waals surface area contributed by atoms with Crippen LogP contribution >= 0.6 is 0 Å². The number of hydrogen-bond acceptors (Lipinski definition) is 5. The van der Waals surface area contributed by atoms with E-state index in [0.717, 1.165) is 13.1 Å². The third kappa shape index (κ3) is 3.81. The second kappa shape index (κ2) is 5.84. The van der Waals surface area contributed by atoms with Crippen LogP contribution in [0.15, 0.2) is 4.52 Å². The molecule has 0 aliphatic carbocycles. The van der Waals surface area contributed by atoms with Gasteiger partial charge in [0.15, 0.2) is 5.82 Å². The number of aromatic nitrogens is 2. The summed E-state index contributed by atoms with van der Waals surface area (Å²) in [4.78, 5) is 6.50. The van der Waals surface area contributed by atoms with Crippen LogP contribution in [0.5, 0.6) is 0 Å². The van der Waals surface area contributed by atoms with Crippen molar-refractivity contribution >= 4 is 6.01 Å². The number of nitrogens with zero attached hydrogens (tertiary/aromatic N) is 3. The fourth-order valence-corrected chi connectivity index (χ4v) is 1.77. The van der Waals surface area contributed by atoms with Crippen molar-refractivity contribution in [1.29, 1.82) is 0 Å². The summed E-state index contributed by atoms with van der Waals surface area (Å²) in [6, 6.07) is 1.60. The zero-order valence-electron chi connectivity index (χ0n) is 10.8. The minimum Gasteiger partial charge on any atom is -0.336 e. The van der Waals surface area contributed by atoms with Crippen LogP contribution in [0, 0.1) is 6.92 Å². The van der Waals surface area contributed by atoms with Gasteiger partial charge in [-0.25, -0.2) is 0 Å².